The second kappa shape index (κ2) is 9.68. The van der Waals surface area contributed by atoms with Gasteiger partial charge in [0.1, 0.15) is 12.4 Å². The number of hydrogen-bond acceptors (Lipinski definition) is 4. The van der Waals surface area contributed by atoms with Crippen LogP contribution in [-0.2, 0) is 13.2 Å². The summed E-state index contributed by atoms with van der Waals surface area (Å²) in [4.78, 5) is 13.3. The molecule has 5 nitrogen and oxygen atoms in total. The molecule has 31 heavy (non-hydrogen) atoms. The average Bonchev–Trinajstić information content (AvgIpc) is 3.37. The molecule has 0 saturated carbocycles. The van der Waals surface area contributed by atoms with Gasteiger partial charge in [-0.05, 0) is 75.8 Å². The summed E-state index contributed by atoms with van der Waals surface area (Å²) >= 11 is 10.8. The Bertz CT molecular complexity index is 1220. The van der Waals surface area contributed by atoms with Crippen LogP contribution in [0.4, 0.5) is 5.69 Å². The Kier molecular flexibility index (Phi) is 6.75. The quantitative estimate of drug-likeness (QED) is 0.303. The Morgan fingerprint density at radius 1 is 1.23 bits per heavy atom. The number of hydrogen-bond donors (Lipinski definition) is 1. The van der Waals surface area contributed by atoms with E-state index in [0.717, 1.165) is 32.6 Å². The molecular formula is C23H19BrClN3O2S. The van der Waals surface area contributed by atoms with Crippen molar-refractivity contribution < 1.29 is 9.53 Å². The van der Waals surface area contributed by atoms with Crippen molar-refractivity contribution in [2.24, 2.45) is 0 Å². The summed E-state index contributed by atoms with van der Waals surface area (Å²) < 4.78 is 8.63. The normalized spacial score (nSPS) is 10.8. The lowest BCUT2D eigenvalue weighted by Gasteiger charge is -2.08. The van der Waals surface area contributed by atoms with Crippen LogP contribution in [0.2, 0.25) is 5.02 Å². The summed E-state index contributed by atoms with van der Waals surface area (Å²) in [6, 6.07) is 15.1. The number of carbonyl (C=O) groups is 1. The molecule has 0 aliphatic rings. The van der Waals surface area contributed by atoms with Crippen molar-refractivity contribution >= 4 is 50.5 Å². The van der Waals surface area contributed by atoms with Crippen LogP contribution in [0.15, 0.2) is 70.8 Å². The van der Waals surface area contributed by atoms with Crippen LogP contribution in [0.1, 0.15) is 26.4 Å². The number of carbonyl (C=O) groups excluding carboxylic acids is 1. The summed E-state index contributed by atoms with van der Waals surface area (Å²) in [5.41, 5.74) is 3.72. The molecule has 0 fully saturated rings. The number of halogens is 2. The van der Waals surface area contributed by atoms with E-state index >= 15 is 0 Å². The molecule has 4 rings (SSSR count). The minimum atomic E-state index is -0.141. The van der Waals surface area contributed by atoms with Crippen molar-refractivity contribution in [3.8, 4) is 5.75 Å². The van der Waals surface area contributed by atoms with E-state index < -0.39 is 0 Å². The number of ether oxygens (including phenoxy) is 1. The van der Waals surface area contributed by atoms with E-state index in [0.29, 0.717) is 23.1 Å². The van der Waals surface area contributed by atoms with Gasteiger partial charge in [-0.2, -0.15) is 5.10 Å². The smallest absolute Gasteiger partial charge is 0.265 e. The van der Waals surface area contributed by atoms with Crippen molar-refractivity contribution in [3.63, 3.8) is 0 Å². The fourth-order valence-electron chi connectivity index (χ4n) is 3.06. The maximum atomic E-state index is 12.7. The summed E-state index contributed by atoms with van der Waals surface area (Å²) in [5.74, 6) is 0.639. The van der Waals surface area contributed by atoms with Crippen molar-refractivity contribution in [1.29, 1.82) is 0 Å². The summed E-state index contributed by atoms with van der Waals surface area (Å²) in [7, 11) is 0. The highest BCUT2D eigenvalue weighted by Gasteiger charge is 2.11. The first-order valence-electron chi connectivity index (χ1n) is 9.51. The molecule has 2 aromatic heterocycles. The first-order chi connectivity index (χ1) is 15.0. The number of amides is 1. The number of benzene rings is 2. The first-order valence-corrected chi connectivity index (χ1v) is 11.6. The summed E-state index contributed by atoms with van der Waals surface area (Å²) in [6.07, 6.45) is 3.66. The second-order valence-corrected chi connectivity index (χ2v) is 9.29. The molecular weight excluding hydrogens is 498 g/mol. The molecule has 2 heterocycles. The maximum Gasteiger partial charge on any atom is 0.265 e. The van der Waals surface area contributed by atoms with Crippen LogP contribution in [0.5, 0.6) is 5.75 Å². The number of nitrogens with one attached hydrogen (secondary N) is 1. The Hall–Kier alpha value is -2.61. The fraction of sp³-hybridized carbons (Fsp3) is 0.130. The standard InChI is InChI=1S/C23H19BrClN3O2S/c1-15-7-19(25)5-6-21(15)30-13-17-9-22(31-14-17)23(29)27-20-4-2-3-16(8-20)11-28-12-18(24)10-26-28/h2-10,12,14H,11,13H2,1H3,(H,27,29). The number of aromatic nitrogens is 2. The molecule has 158 valence electrons. The van der Waals surface area contributed by atoms with Gasteiger partial charge in [0, 0.05) is 22.5 Å². The monoisotopic (exact) mass is 515 g/mol. The molecule has 0 atom stereocenters. The maximum absolute atomic E-state index is 12.7. The van der Waals surface area contributed by atoms with E-state index in [1.54, 1.807) is 12.3 Å². The molecule has 0 aliphatic carbocycles. The first kappa shape index (κ1) is 21.6. The van der Waals surface area contributed by atoms with Crippen LogP contribution in [0.25, 0.3) is 0 Å². The highest BCUT2D eigenvalue weighted by molar-refractivity contribution is 9.10. The molecule has 1 amide bonds. The lowest BCUT2D eigenvalue weighted by Crippen LogP contribution is -2.10. The van der Waals surface area contributed by atoms with Crippen molar-refractivity contribution in [1.82, 2.24) is 9.78 Å². The van der Waals surface area contributed by atoms with E-state index in [-0.39, 0.29) is 5.91 Å². The van der Waals surface area contributed by atoms with Gasteiger partial charge in [-0.3, -0.25) is 9.48 Å². The van der Waals surface area contributed by atoms with Crippen molar-refractivity contribution in [3.05, 3.63) is 97.4 Å². The Morgan fingerprint density at radius 2 is 2.10 bits per heavy atom. The molecule has 2 aromatic carbocycles. The Labute approximate surface area is 197 Å². The van der Waals surface area contributed by atoms with Crippen molar-refractivity contribution in [2.75, 3.05) is 5.32 Å². The van der Waals surface area contributed by atoms with Crippen LogP contribution in [0, 0.1) is 6.92 Å². The molecule has 0 unspecified atom stereocenters. The lowest BCUT2D eigenvalue weighted by atomic mass is 10.2. The average molecular weight is 517 g/mol. The minimum absolute atomic E-state index is 0.141. The Morgan fingerprint density at radius 3 is 2.87 bits per heavy atom. The summed E-state index contributed by atoms with van der Waals surface area (Å²) in [5, 5.41) is 9.85. The zero-order valence-corrected chi connectivity index (χ0v) is 19.8. The highest BCUT2D eigenvalue weighted by Crippen LogP contribution is 2.24. The number of rotatable bonds is 7. The SMILES string of the molecule is Cc1cc(Cl)ccc1OCc1csc(C(=O)Nc2cccc(Cn3cc(Br)cn3)c2)c1. The second-order valence-electron chi connectivity index (χ2n) is 7.03. The summed E-state index contributed by atoms with van der Waals surface area (Å²) in [6.45, 7) is 2.97. The highest BCUT2D eigenvalue weighted by atomic mass is 79.9. The number of anilines is 1. The number of aryl methyl sites for hydroxylation is 1. The van der Waals surface area contributed by atoms with Gasteiger partial charge < -0.3 is 10.1 Å². The molecule has 4 aromatic rings. The zero-order chi connectivity index (χ0) is 21.8. The van der Waals surface area contributed by atoms with E-state index in [2.05, 4.69) is 26.3 Å². The molecule has 0 radical (unpaired) electrons. The van der Waals surface area contributed by atoms with E-state index in [4.69, 9.17) is 16.3 Å². The molecule has 1 N–H and O–H groups in total. The van der Waals surface area contributed by atoms with Crippen molar-refractivity contribution in [2.45, 2.75) is 20.1 Å². The van der Waals surface area contributed by atoms with Gasteiger partial charge in [-0.25, -0.2) is 0 Å². The third-order valence-electron chi connectivity index (χ3n) is 4.54. The van der Waals surface area contributed by atoms with Gasteiger partial charge in [0.2, 0.25) is 0 Å². The largest absolute Gasteiger partial charge is 0.489 e. The molecule has 8 heteroatoms. The van der Waals surface area contributed by atoms with Crippen LogP contribution in [0.3, 0.4) is 0 Å². The number of thiophene rings is 1. The van der Waals surface area contributed by atoms with Crippen LogP contribution in [-0.4, -0.2) is 15.7 Å². The van der Waals surface area contributed by atoms with Crippen LogP contribution < -0.4 is 10.1 Å². The molecule has 0 aliphatic heterocycles. The van der Waals surface area contributed by atoms with Gasteiger partial charge in [0.25, 0.3) is 5.91 Å². The van der Waals surface area contributed by atoms with E-state index in [1.807, 2.05) is 65.6 Å². The topological polar surface area (TPSA) is 56.1 Å². The van der Waals surface area contributed by atoms with Gasteiger partial charge in [-0.15, -0.1) is 11.3 Å². The van der Waals surface area contributed by atoms with Gasteiger partial charge >= 0.3 is 0 Å². The van der Waals surface area contributed by atoms with Gasteiger partial charge in [0.15, 0.2) is 0 Å². The Balaban J connectivity index is 1.37. The third kappa shape index (κ3) is 5.76. The third-order valence-corrected chi connectivity index (χ3v) is 6.16. The minimum Gasteiger partial charge on any atom is -0.489 e. The molecule has 0 saturated heterocycles. The predicted octanol–water partition coefficient (Wildman–Crippen LogP) is 6.55. The van der Waals surface area contributed by atoms with E-state index in [1.165, 1.54) is 11.3 Å². The predicted molar refractivity (Wildman–Crippen MR) is 128 cm³/mol. The van der Waals surface area contributed by atoms with Gasteiger partial charge in [-0.1, -0.05) is 23.7 Å². The lowest BCUT2D eigenvalue weighted by molar-refractivity contribution is 0.103. The van der Waals surface area contributed by atoms with Crippen LogP contribution >= 0.6 is 38.9 Å². The number of nitrogens with zero attached hydrogens (tertiary/aromatic N) is 2. The molecule has 0 spiro atoms. The van der Waals surface area contributed by atoms with E-state index in [9.17, 15) is 4.79 Å². The molecule has 0 bridgehead atoms. The fourth-order valence-corrected chi connectivity index (χ4v) is 4.40. The zero-order valence-electron chi connectivity index (χ0n) is 16.6. The van der Waals surface area contributed by atoms with Gasteiger partial charge in [0.05, 0.1) is 22.1 Å².